The first kappa shape index (κ1) is 12.5. The van der Waals surface area contributed by atoms with Crippen LogP contribution in [0.15, 0.2) is 0 Å². The van der Waals surface area contributed by atoms with E-state index in [-0.39, 0.29) is 18.7 Å². The Balaban J connectivity index is 3.66. The number of carbonyl (C=O) groups excluding carboxylic acids is 1. The van der Waals surface area contributed by atoms with E-state index in [9.17, 15) is 9.59 Å². The summed E-state index contributed by atoms with van der Waals surface area (Å²) < 4.78 is 0. The van der Waals surface area contributed by atoms with Gasteiger partial charge in [-0.25, -0.2) is 0 Å². The number of terminal acetylenes is 1. The van der Waals surface area contributed by atoms with Crippen molar-refractivity contribution in [3.8, 4) is 12.3 Å². The molecule has 0 bridgehead atoms. The number of amides is 1. The predicted octanol–water partition coefficient (Wildman–Crippen LogP) is -0.682. The van der Waals surface area contributed by atoms with Gasteiger partial charge in [-0.05, 0) is 6.42 Å². The Kier molecular flexibility index (Phi) is 6.16. The molecule has 1 atom stereocenters. The lowest BCUT2D eigenvalue weighted by Gasteiger charge is -2.09. The van der Waals surface area contributed by atoms with Gasteiger partial charge < -0.3 is 16.2 Å². The Bertz CT molecular complexity index is 245. The summed E-state index contributed by atoms with van der Waals surface area (Å²) in [6, 6.07) is -0.774. The molecule has 0 rings (SSSR count). The minimum absolute atomic E-state index is 0.107. The van der Waals surface area contributed by atoms with Crippen LogP contribution in [-0.2, 0) is 9.59 Å². The Hall–Kier alpha value is -1.54. The minimum Gasteiger partial charge on any atom is -0.481 e. The van der Waals surface area contributed by atoms with Gasteiger partial charge in [0.05, 0.1) is 6.04 Å². The molecule has 14 heavy (non-hydrogen) atoms. The summed E-state index contributed by atoms with van der Waals surface area (Å²) in [5, 5.41) is 10.9. The quantitative estimate of drug-likeness (QED) is 0.389. The number of aliphatic carboxylic acids is 1. The number of rotatable bonds is 6. The number of nitrogens with one attached hydrogen (secondary N) is 1. The molecule has 0 heterocycles. The molecule has 0 aromatic carbocycles. The van der Waals surface area contributed by atoms with Gasteiger partial charge in [0.15, 0.2) is 0 Å². The Morgan fingerprint density at radius 1 is 1.57 bits per heavy atom. The topological polar surface area (TPSA) is 92.4 Å². The van der Waals surface area contributed by atoms with E-state index in [1.54, 1.807) is 0 Å². The van der Waals surface area contributed by atoms with Crippen LogP contribution in [0.5, 0.6) is 0 Å². The molecule has 1 unspecified atom stereocenters. The second-order valence-electron chi connectivity index (χ2n) is 2.78. The molecule has 0 aliphatic rings. The molecular weight excluding hydrogens is 184 g/mol. The van der Waals surface area contributed by atoms with Crippen molar-refractivity contribution in [2.75, 3.05) is 6.54 Å². The van der Waals surface area contributed by atoms with E-state index in [0.29, 0.717) is 13.0 Å². The molecule has 5 heteroatoms. The lowest BCUT2D eigenvalue weighted by atomic mass is 10.1. The smallest absolute Gasteiger partial charge is 0.303 e. The van der Waals surface area contributed by atoms with Gasteiger partial charge in [-0.3, -0.25) is 9.59 Å². The molecule has 5 nitrogen and oxygen atoms in total. The van der Waals surface area contributed by atoms with Crippen LogP contribution in [0.4, 0.5) is 0 Å². The van der Waals surface area contributed by atoms with Crippen LogP contribution in [0.3, 0.4) is 0 Å². The highest BCUT2D eigenvalue weighted by atomic mass is 16.4. The van der Waals surface area contributed by atoms with E-state index < -0.39 is 12.0 Å². The van der Waals surface area contributed by atoms with E-state index in [0.717, 1.165) is 0 Å². The molecule has 0 aromatic heterocycles. The zero-order valence-electron chi connectivity index (χ0n) is 7.82. The van der Waals surface area contributed by atoms with Crippen LogP contribution in [0.2, 0.25) is 0 Å². The van der Waals surface area contributed by atoms with Crippen molar-refractivity contribution in [3.05, 3.63) is 0 Å². The third kappa shape index (κ3) is 6.03. The van der Waals surface area contributed by atoms with Crippen molar-refractivity contribution < 1.29 is 14.7 Å². The molecule has 1 amide bonds. The molecule has 78 valence electrons. The van der Waals surface area contributed by atoms with Crippen LogP contribution in [0.1, 0.15) is 19.3 Å². The number of hydrogen-bond acceptors (Lipinski definition) is 3. The normalized spacial score (nSPS) is 11.4. The van der Waals surface area contributed by atoms with Gasteiger partial charge in [0, 0.05) is 19.4 Å². The molecular formula is C9H14N2O3. The maximum atomic E-state index is 11.1. The van der Waals surface area contributed by atoms with E-state index in [4.69, 9.17) is 17.3 Å². The van der Waals surface area contributed by atoms with Crippen LogP contribution < -0.4 is 11.1 Å². The van der Waals surface area contributed by atoms with Gasteiger partial charge >= 0.3 is 5.97 Å². The largest absolute Gasteiger partial charge is 0.481 e. The highest BCUT2D eigenvalue weighted by molar-refractivity contribution is 5.82. The average molecular weight is 198 g/mol. The maximum Gasteiger partial charge on any atom is 0.303 e. The zero-order chi connectivity index (χ0) is 11.0. The van der Waals surface area contributed by atoms with Gasteiger partial charge in [0.2, 0.25) is 5.91 Å². The molecule has 4 N–H and O–H groups in total. The van der Waals surface area contributed by atoms with Crippen LogP contribution in [-0.4, -0.2) is 29.6 Å². The summed E-state index contributed by atoms with van der Waals surface area (Å²) in [6.07, 6.45) is 5.45. The van der Waals surface area contributed by atoms with Crippen LogP contribution in [0, 0.1) is 12.3 Å². The summed E-state index contributed by atoms with van der Waals surface area (Å²) in [4.78, 5) is 21.3. The molecule has 0 aliphatic carbocycles. The Labute approximate surface area is 82.7 Å². The van der Waals surface area contributed by atoms with E-state index in [2.05, 4.69) is 11.2 Å². The van der Waals surface area contributed by atoms with Crippen molar-refractivity contribution in [1.82, 2.24) is 5.32 Å². The van der Waals surface area contributed by atoms with Crippen LogP contribution >= 0.6 is 0 Å². The van der Waals surface area contributed by atoms with E-state index in [1.807, 2.05) is 0 Å². The number of carbonyl (C=O) groups is 2. The van der Waals surface area contributed by atoms with Crippen molar-refractivity contribution in [2.24, 2.45) is 5.73 Å². The van der Waals surface area contributed by atoms with E-state index in [1.165, 1.54) is 0 Å². The van der Waals surface area contributed by atoms with Crippen molar-refractivity contribution in [3.63, 3.8) is 0 Å². The summed E-state index contributed by atoms with van der Waals surface area (Å²) in [5.74, 6) is 1.04. The van der Waals surface area contributed by atoms with Gasteiger partial charge in [-0.2, -0.15) is 0 Å². The van der Waals surface area contributed by atoms with Gasteiger partial charge in [0.25, 0.3) is 0 Å². The standard InChI is InChI=1S/C9H14N2O3/c1-2-3-6-11-9(14)7(10)4-5-8(12)13/h1,7H,3-6,10H2,(H,11,14)(H,12,13). The first-order chi connectivity index (χ1) is 6.57. The second-order valence-corrected chi connectivity index (χ2v) is 2.78. The summed E-state index contributed by atoms with van der Waals surface area (Å²) in [5.41, 5.74) is 5.42. The van der Waals surface area contributed by atoms with Crippen molar-refractivity contribution in [2.45, 2.75) is 25.3 Å². The third-order valence-electron chi connectivity index (χ3n) is 1.57. The van der Waals surface area contributed by atoms with Gasteiger partial charge in [-0.15, -0.1) is 12.3 Å². The zero-order valence-corrected chi connectivity index (χ0v) is 7.82. The molecule has 0 fully saturated rings. The number of carboxylic acids is 1. The lowest BCUT2D eigenvalue weighted by Crippen LogP contribution is -2.41. The molecule has 0 radical (unpaired) electrons. The van der Waals surface area contributed by atoms with Crippen LogP contribution in [0.25, 0.3) is 0 Å². The molecule has 0 aromatic rings. The fourth-order valence-electron chi connectivity index (χ4n) is 0.799. The fourth-order valence-corrected chi connectivity index (χ4v) is 0.799. The first-order valence-electron chi connectivity index (χ1n) is 4.26. The summed E-state index contributed by atoms with van der Waals surface area (Å²) >= 11 is 0. The maximum absolute atomic E-state index is 11.1. The fraction of sp³-hybridized carbons (Fsp3) is 0.556. The van der Waals surface area contributed by atoms with E-state index >= 15 is 0 Å². The first-order valence-corrected chi connectivity index (χ1v) is 4.26. The Morgan fingerprint density at radius 2 is 2.21 bits per heavy atom. The van der Waals surface area contributed by atoms with Gasteiger partial charge in [-0.1, -0.05) is 0 Å². The SMILES string of the molecule is C#CCCNC(=O)C(N)CCC(=O)O. The molecule has 0 saturated carbocycles. The minimum atomic E-state index is -0.961. The lowest BCUT2D eigenvalue weighted by molar-refractivity contribution is -0.137. The highest BCUT2D eigenvalue weighted by Crippen LogP contribution is 1.94. The monoisotopic (exact) mass is 198 g/mol. The average Bonchev–Trinajstić information content (AvgIpc) is 2.14. The van der Waals surface area contributed by atoms with Gasteiger partial charge in [0.1, 0.15) is 0 Å². The predicted molar refractivity (Wildman–Crippen MR) is 51.3 cm³/mol. The third-order valence-corrected chi connectivity index (χ3v) is 1.57. The number of carboxylic acid groups (broad SMARTS) is 1. The van der Waals surface area contributed by atoms with Crippen molar-refractivity contribution >= 4 is 11.9 Å². The Morgan fingerprint density at radius 3 is 2.71 bits per heavy atom. The second kappa shape index (κ2) is 6.92. The number of nitrogens with two attached hydrogens (primary N) is 1. The van der Waals surface area contributed by atoms with Crippen molar-refractivity contribution in [1.29, 1.82) is 0 Å². The highest BCUT2D eigenvalue weighted by Gasteiger charge is 2.13. The molecule has 0 aliphatic heterocycles. The summed E-state index contributed by atoms with van der Waals surface area (Å²) in [7, 11) is 0. The summed E-state index contributed by atoms with van der Waals surface area (Å²) in [6.45, 7) is 0.371. The molecule has 0 spiro atoms. The number of hydrogen-bond donors (Lipinski definition) is 3. The molecule has 0 saturated heterocycles.